The van der Waals surface area contributed by atoms with Crippen LogP contribution in [-0.2, 0) is 11.3 Å². The van der Waals surface area contributed by atoms with Gasteiger partial charge in [0.2, 0.25) is 0 Å². The molecule has 4 nitrogen and oxygen atoms in total. The van der Waals surface area contributed by atoms with Crippen LogP contribution >= 0.6 is 0 Å². The lowest BCUT2D eigenvalue weighted by molar-refractivity contribution is 0.0885. The average molecular weight is 328 g/mol. The number of ether oxygens (including phenoxy) is 1. The zero-order valence-corrected chi connectivity index (χ0v) is 13.4. The number of hydrogen-bond donors (Lipinski definition) is 1. The minimum absolute atomic E-state index is 0.153. The van der Waals surface area contributed by atoms with E-state index in [2.05, 4.69) is 0 Å². The SMILES string of the molecule is NCC1CCN(C(=O)OCc2ccccc2)C1c1ccc(F)cc1. The van der Waals surface area contributed by atoms with Gasteiger partial charge in [0.15, 0.2) is 0 Å². The number of hydrogen-bond acceptors (Lipinski definition) is 3. The van der Waals surface area contributed by atoms with E-state index in [4.69, 9.17) is 10.5 Å². The molecule has 24 heavy (non-hydrogen) atoms. The Labute approximate surface area is 141 Å². The van der Waals surface area contributed by atoms with Crippen molar-refractivity contribution in [1.29, 1.82) is 0 Å². The molecule has 0 saturated carbocycles. The Morgan fingerprint density at radius 2 is 1.88 bits per heavy atom. The van der Waals surface area contributed by atoms with Crippen LogP contribution in [0.5, 0.6) is 0 Å². The first-order valence-electron chi connectivity index (χ1n) is 8.12. The first kappa shape index (κ1) is 16.5. The van der Waals surface area contributed by atoms with E-state index in [1.54, 1.807) is 17.0 Å². The minimum atomic E-state index is -0.357. The number of amides is 1. The highest BCUT2D eigenvalue weighted by Gasteiger charge is 2.38. The Balaban J connectivity index is 1.72. The van der Waals surface area contributed by atoms with Gasteiger partial charge < -0.3 is 15.4 Å². The Kier molecular flexibility index (Phi) is 5.11. The summed E-state index contributed by atoms with van der Waals surface area (Å²) in [6.45, 7) is 1.31. The minimum Gasteiger partial charge on any atom is -0.445 e. The molecule has 1 aliphatic rings. The molecular weight excluding hydrogens is 307 g/mol. The molecule has 0 bridgehead atoms. The van der Waals surface area contributed by atoms with Crippen molar-refractivity contribution in [3.63, 3.8) is 0 Å². The van der Waals surface area contributed by atoms with E-state index in [1.165, 1.54) is 12.1 Å². The maximum atomic E-state index is 13.2. The maximum Gasteiger partial charge on any atom is 0.410 e. The fraction of sp³-hybridized carbons (Fsp3) is 0.316. The van der Waals surface area contributed by atoms with E-state index >= 15 is 0 Å². The Morgan fingerprint density at radius 3 is 2.54 bits per heavy atom. The van der Waals surface area contributed by atoms with Crippen molar-refractivity contribution in [3.8, 4) is 0 Å². The second kappa shape index (κ2) is 7.45. The van der Waals surface area contributed by atoms with Gasteiger partial charge in [-0.05, 0) is 42.1 Å². The number of nitrogens with zero attached hydrogens (tertiary/aromatic N) is 1. The molecule has 2 aromatic carbocycles. The quantitative estimate of drug-likeness (QED) is 0.935. The molecule has 1 amide bonds. The summed E-state index contributed by atoms with van der Waals surface area (Å²) in [6.07, 6.45) is 0.461. The normalized spacial score (nSPS) is 20.2. The van der Waals surface area contributed by atoms with Gasteiger partial charge in [0, 0.05) is 6.54 Å². The van der Waals surface area contributed by atoms with Crippen molar-refractivity contribution in [2.45, 2.75) is 19.1 Å². The van der Waals surface area contributed by atoms with Crippen LogP contribution in [0.15, 0.2) is 54.6 Å². The largest absolute Gasteiger partial charge is 0.445 e. The monoisotopic (exact) mass is 328 g/mol. The van der Waals surface area contributed by atoms with Gasteiger partial charge in [-0.2, -0.15) is 0 Å². The number of halogens is 1. The van der Waals surface area contributed by atoms with Gasteiger partial charge in [-0.1, -0.05) is 42.5 Å². The summed E-state index contributed by atoms with van der Waals surface area (Å²) in [5, 5.41) is 0. The predicted octanol–water partition coefficient (Wildman–Crippen LogP) is 3.48. The second-order valence-corrected chi connectivity index (χ2v) is 6.01. The smallest absolute Gasteiger partial charge is 0.410 e. The predicted molar refractivity (Wildman–Crippen MR) is 89.6 cm³/mol. The molecule has 1 heterocycles. The topological polar surface area (TPSA) is 55.6 Å². The molecule has 5 heteroatoms. The molecule has 0 radical (unpaired) electrons. The lowest BCUT2D eigenvalue weighted by Gasteiger charge is -2.27. The van der Waals surface area contributed by atoms with Crippen molar-refractivity contribution in [3.05, 3.63) is 71.5 Å². The Hall–Kier alpha value is -2.40. The Bertz CT molecular complexity index is 676. The first-order valence-corrected chi connectivity index (χ1v) is 8.12. The summed E-state index contributed by atoms with van der Waals surface area (Å²) in [6, 6.07) is 15.6. The molecule has 2 unspecified atom stereocenters. The van der Waals surface area contributed by atoms with E-state index in [0.29, 0.717) is 13.1 Å². The van der Waals surface area contributed by atoms with E-state index in [9.17, 15) is 9.18 Å². The first-order chi connectivity index (χ1) is 11.7. The van der Waals surface area contributed by atoms with Crippen molar-refractivity contribution >= 4 is 6.09 Å². The average Bonchev–Trinajstić information content (AvgIpc) is 3.05. The molecule has 1 fully saturated rings. The van der Waals surface area contributed by atoms with Crippen LogP contribution in [0.3, 0.4) is 0 Å². The third-order valence-electron chi connectivity index (χ3n) is 4.48. The standard InChI is InChI=1S/C19H21FN2O2/c20-17-8-6-15(7-9-17)18-16(12-21)10-11-22(18)19(23)24-13-14-4-2-1-3-5-14/h1-9,16,18H,10-13,21H2. The van der Waals surface area contributed by atoms with Crippen LogP contribution < -0.4 is 5.73 Å². The maximum absolute atomic E-state index is 13.2. The molecule has 2 aromatic rings. The van der Waals surface area contributed by atoms with Crippen molar-refractivity contribution in [1.82, 2.24) is 4.90 Å². The third-order valence-corrected chi connectivity index (χ3v) is 4.48. The molecule has 1 saturated heterocycles. The van der Waals surface area contributed by atoms with Crippen LogP contribution in [0.1, 0.15) is 23.6 Å². The number of carbonyl (C=O) groups excluding carboxylic acids is 1. The third kappa shape index (κ3) is 3.57. The molecule has 3 rings (SSSR count). The zero-order chi connectivity index (χ0) is 16.9. The van der Waals surface area contributed by atoms with Crippen LogP contribution in [0.4, 0.5) is 9.18 Å². The molecule has 2 atom stereocenters. The van der Waals surface area contributed by atoms with Crippen LogP contribution in [0, 0.1) is 11.7 Å². The van der Waals surface area contributed by atoms with Crippen LogP contribution in [0.2, 0.25) is 0 Å². The highest BCUT2D eigenvalue weighted by Crippen LogP contribution is 2.37. The number of nitrogens with two attached hydrogens (primary N) is 1. The summed E-state index contributed by atoms with van der Waals surface area (Å²) in [7, 11) is 0. The number of carbonyl (C=O) groups is 1. The summed E-state index contributed by atoms with van der Waals surface area (Å²) in [5.41, 5.74) is 7.70. The lowest BCUT2D eigenvalue weighted by atomic mass is 9.94. The van der Waals surface area contributed by atoms with Crippen LogP contribution in [-0.4, -0.2) is 24.1 Å². The molecule has 126 valence electrons. The summed E-state index contributed by atoms with van der Waals surface area (Å²) in [4.78, 5) is 14.2. The van der Waals surface area contributed by atoms with Crippen molar-refractivity contribution in [2.75, 3.05) is 13.1 Å². The van der Waals surface area contributed by atoms with Gasteiger partial charge >= 0.3 is 6.09 Å². The molecule has 0 aliphatic carbocycles. The van der Waals surface area contributed by atoms with E-state index in [-0.39, 0.29) is 30.5 Å². The molecule has 1 aliphatic heterocycles. The molecule has 2 N–H and O–H groups in total. The Morgan fingerprint density at radius 1 is 1.17 bits per heavy atom. The number of likely N-dealkylation sites (tertiary alicyclic amines) is 1. The summed E-state index contributed by atoms with van der Waals surface area (Å²) < 4.78 is 18.6. The van der Waals surface area contributed by atoms with E-state index in [1.807, 2.05) is 30.3 Å². The fourth-order valence-corrected chi connectivity index (χ4v) is 3.22. The summed E-state index contributed by atoms with van der Waals surface area (Å²) in [5.74, 6) is -0.140. The number of benzene rings is 2. The van der Waals surface area contributed by atoms with Crippen molar-refractivity contribution < 1.29 is 13.9 Å². The zero-order valence-electron chi connectivity index (χ0n) is 13.4. The lowest BCUT2D eigenvalue weighted by Crippen LogP contribution is -2.34. The van der Waals surface area contributed by atoms with Gasteiger partial charge in [-0.15, -0.1) is 0 Å². The van der Waals surface area contributed by atoms with Crippen molar-refractivity contribution in [2.24, 2.45) is 11.7 Å². The molecule has 0 spiro atoms. The van der Waals surface area contributed by atoms with Crippen LogP contribution in [0.25, 0.3) is 0 Å². The van der Waals surface area contributed by atoms with E-state index in [0.717, 1.165) is 17.5 Å². The second-order valence-electron chi connectivity index (χ2n) is 6.01. The highest BCUT2D eigenvalue weighted by molar-refractivity contribution is 5.69. The molecular formula is C19H21FN2O2. The van der Waals surface area contributed by atoms with Gasteiger partial charge in [-0.3, -0.25) is 0 Å². The van der Waals surface area contributed by atoms with Gasteiger partial charge in [0.05, 0.1) is 6.04 Å². The van der Waals surface area contributed by atoms with Gasteiger partial charge in [0.1, 0.15) is 12.4 Å². The van der Waals surface area contributed by atoms with Gasteiger partial charge in [-0.25, -0.2) is 9.18 Å². The fourth-order valence-electron chi connectivity index (χ4n) is 3.22. The summed E-state index contributed by atoms with van der Waals surface area (Å²) >= 11 is 0. The molecule has 0 aromatic heterocycles. The highest BCUT2D eigenvalue weighted by atomic mass is 19.1. The van der Waals surface area contributed by atoms with Gasteiger partial charge in [0.25, 0.3) is 0 Å². The number of rotatable bonds is 4. The van der Waals surface area contributed by atoms with E-state index < -0.39 is 0 Å².